The molecule has 0 fully saturated rings. The summed E-state index contributed by atoms with van der Waals surface area (Å²) >= 11 is 0. The lowest BCUT2D eigenvalue weighted by Crippen LogP contribution is -2.15. The maximum absolute atomic E-state index is 13.3. The van der Waals surface area contributed by atoms with Crippen molar-refractivity contribution in [3.8, 4) is 0 Å². The van der Waals surface area contributed by atoms with Crippen molar-refractivity contribution >= 4 is 5.78 Å². The van der Waals surface area contributed by atoms with Gasteiger partial charge in [0, 0.05) is 11.1 Å². The molecule has 21 heavy (non-hydrogen) atoms. The number of ketones is 1. The molecule has 0 saturated heterocycles. The van der Waals surface area contributed by atoms with E-state index in [0.717, 1.165) is 5.56 Å². The van der Waals surface area contributed by atoms with Gasteiger partial charge in [0.05, 0.1) is 5.56 Å². The summed E-state index contributed by atoms with van der Waals surface area (Å²) < 4.78 is 52.1. The van der Waals surface area contributed by atoms with Crippen LogP contribution in [-0.4, -0.2) is 5.78 Å². The molecule has 1 nitrogen and oxygen atoms in total. The highest BCUT2D eigenvalue weighted by Gasteiger charge is 2.35. The molecule has 0 saturated carbocycles. The van der Waals surface area contributed by atoms with Crippen LogP contribution in [0.25, 0.3) is 0 Å². The smallest absolute Gasteiger partial charge is 0.289 e. The van der Waals surface area contributed by atoms with E-state index in [2.05, 4.69) is 0 Å². The van der Waals surface area contributed by atoms with E-state index >= 15 is 0 Å². The minimum Gasteiger partial charge on any atom is -0.289 e. The summed E-state index contributed by atoms with van der Waals surface area (Å²) in [5.41, 5.74) is -0.225. The topological polar surface area (TPSA) is 17.1 Å². The number of hydrogen-bond donors (Lipinski definition) is 0. The fourth-order valence-corrected chi connectivity index (χ4v) is 2.16. The number of benzene rings is 2. The van der Waals surface area contributed by atoms with Crippen LogP contribution in [0.3, 0.4) is 0 Å². The van der Waals surface area contributed by atoms with E-state index in [-0.39, 0.29) is 5.56 Å². The first-order valence-corrected chi connectivity index (χ1v) is 6.19. The number of halogens is 4. The molecule has 5 heteroatoms. The quantitative estimate of drug-likeness (QED) is 0.580. The average Bonchev–Trinajstić information content (AvgIpc) is 2.36. The van der Waals surface area contributed by atoms with Crippen LogP contribution >= 0.6 is 0 Å². The molecule has 0 bridgehead atoms. The largest absolute Gasteiger partial charge is 0.417 e. The van der Waals surface area contributed by atoms with E-state index in [0.29, 0.717) is 23.8 Å². The molecule has 0 N–H and O–H groups in total. The van der Waals surface area contributed by atoms with Crippen molar-refractivity contribution in [1.29, 1.82) is 0 Å². The normalized spacial score (nSPS) is 11.5. The predicted molar refractivity (Wildman–Crippen MR) is 70.8 cm³/mol. The highest BCUT2D eigenvalue weighted by Crippen LogP contribution is 2.33. The highest BCUT2D eigenvalue weighted by atomic mass is 19.4. The molecule has 0 aliphatic carbocycles. The third-order valence-electron chi connectivity index (χ3n) is 3.16. The van der Waals surface area contributed by atoms with Crippen LogP contribution in [-0.2, 0) is 6.18 Å². The molecular formula is C16H12F4O. The van der Waals surface area contributed by atoms with Gasteiger partial charge < -0.3 is 0 Å². The van der Waals surface area contributed by atoms with Crippen molar-refractivity contribution in [3.63, 3.8) is 0 Å². The monoisotopic (exact) mass is 296 g/mol. The minimum absolute atomic E-state index is 0.136. The number of carbonyl (C=O) groups excluding carboxylic acids is 1. The van der Waals surface area contributed by atoms with Gasteiger partial charge in [-0.3, -0.25) is 4.79 Å². The second-order valence-electron chi connectivity index (χ2n) is 4.84. The van der Waals surface area contributed by atoms with Crippen LogP contribution in [0.15, 0.2) is 36.4 Å². The molecule has 2 aromatic rings. The van der Waals surface area contributed by atoms with Crippen molar-refractivity contribution in [2.45, 2.75) is 20.0 Å². The zero-order valence-electron chi connectivity index (χ0n) is 11.4. The van der Waals surface area contributed by atoms with Crippen LogP contribution in [0.5, 0.6) is 0 Å². The lowest BCUT2D eigenvalue weighted by atomic mass is 9.94. The average molecular weight is 296 g/mol. The molecule has 0 aromatic heterocycles. The summed E-state index contributed by atoms with van der Waals surface area (Å²) in [7, 11) is 0. The standard InChI is InChI=1S/C16H12F4O/c1-9-3-5-12(10(2)7-9)15(21)13-8-11(17)4-6-14(13)16(18,19)20/h3-8H,1-2H3. The molecule has 0 unspecified atom stereocenters. The van der Waals surface area contributed by atoms with Gasteiger partial charge in [-0.2, -0.15) is 13.2 Å². The first kappa shape index (κ1) is 15.2. The van der Waals surface area contributed by atoms with E-state index in [9.17, 15) is 22.4 Å². The molecule has 0 aliphatic heterocycles. The Morgan fingerprint density at radius 3 is 2.19 bits per heavy atom. The summed E-state index contributed by atoms with van der Waals surface area (Å²) in [6.45, 7) is 3.44. The first-order valence-electron chi connectivity index (χ1n) is 6.19. The van der Waals surface area contributed by atoms with Gasteiger partial charge in [0.2, 0.25) is 0 Å². The Bertz CT molecular complexity index is 702. The van der Waals surface area contributed by atoms with Gasteiger partial charge >= 0.3 is 6.18 Å². The number of carbonyl (C=O) groups is 1. The highest BCUT2D eigenvalue weighted by molar-refractivity contribution is 6.10. The Kier molecular flexibility index (Phi) is 3.85. The fraction of sp³-hybridized carbons (Fsp3) is 0.188. The van der Waals surface area contributed by atoms with E-state index in [1.165, 1.54) is 6.07 Å². The van der Waals surface area contributed by atoms with Gasteiger partial charge in [0.15, 0.2) is 5.78 Å². The van der Waals surface area contributed by atoms with Gasteiger partial charge in [-0.1, -0.05) is 23.8 Å². The number of rotatable bonds is 2. The summed E-state index contributed by atoms with van der Waals surface area (Å²) in [5, 5.41) is 0. The Hall–Kier alpha value is -2.17. The van der Waals surface area contributed by atoms with E-state index in [1.54, 1.807) is 19.1 Å². The number of hydrogen-bond acceptors (Lipinski definition) is 1. The number of aryl methyl sites for hydroxylation is 2. The lowest BCUT2D eigenvalue weighted by molar-refractivity contribution is -0.137. The van der Waals surface area contributed by atoms with Crippen molar-refractivity contribution in [2.75, 3.05) is 0 Å². The van der Waals surface area contributed by atoms with E-state index in [4.69, 9.17) is 0 Å². The zero-order valence-corrected chi connectivity index (χ0v) is 11.4. The summed E-state index contributed by atoms with van der Waals surface area (Å²) in [6.07, 6.45) is -4.71. The maximum Gasteiger partial charge on any atom is 0.417 e. The van der Waals surface area contributed by atoms with Crippen LogP contribution < -0.4 is 0 Å². The number of alkyl halides is 3. The van der Waals surface area contributed by atoms with Crippen LogP contribution in [0.1, 0.15) is 32.6 Å². The van der Waals surface area contributed by atoms with Crippen LogP contribution in [0.2, 0.25) is 0 Å². The molecule has 0 amide bonds. The van der Waals surface area contributed by atoms with Crippen LogP contribution in [0.4, 0.5) is 17.6 Å². The van der Waals surface area contributed by atoms with Gasteiger partial charge in [-0.15, -0.1) is 0 Å². The van der Waals surface area contributed by atoms with Crippen molar-refractivity contribution in [2.24, 2.45) is 0 Å². The summed E-state index contributed by atoms with van der Waals surface area (Å²) in [4.78, 5) is 12.3. The van der Waals surface area contributed by atoms with E-state index < -0.39 is 28.9 Å². The third kappa shape index (κ3) is 3.12. The third-order valence-corrected chi connectivity index (χ3v) is 3.16. The maximum atomic E-state index is 13.3. The Balaban J connectivity index is 2.60. The second-order valence-corrected chi connectivity index (χ2v) is 4.84. The van der Waals surface area contributed by atoms with Gasteiger partial charge in [-0.05, 0) is 37.6 Å². The van der Waals surface area contributed by atoms with Crippen molar-refractivity contribution < 1.29 is 22.4 Å². The van der Waals surface area contributed by atoms with Crippen molar-refractivity contribution in [1.82, 2.24) is 0 Å². The predicted octanol–water partition coefficient (Wildman–Crippen LogP) is 4.69. The lowest BCUT2D eigenvalue weighted by Gasteiger charge is -2.13. The zero-order chi connectivity index (χ0) is 15.8. The molecule has 0 atom stereocenters. The summed E-state index contributed by atoms with van der Waals surface area (Å²) in [5.74, 6) is -1.71. The van der Waals surface area contributed by atoms with Crippen molar-refractivity contribution in [3.05, 3.63) is 70.0 Å². The second kappa shape index (κ2) is 5.31. The molecule has 2 aromatic carbocycles. The molecule has 0 radical (unpaired) electrons. The molecule has 110 valence electrons. The molecule has 0 heterocycles. The van der Waals surface area contributed by atoms with Crippen LogP contribution in [0, 0.1) is 19.7 Å². The van der Waals surface area contributed by atoms with Gasteiger partial charge in [0.25, 0.3) is 0 Å². The molecule has 2 rings (SSSR count). The van der Waals surface area contributed by atoms with E-state index in [1.807, 2.05) is 6.92 Å². The van der Waals surface area contributed by atoms with Gasteiger partial charge in [-0.25, -0.2) is 4.39 Å². The first-order chi connectivity index (χ1) is 9.70. The SMILES string of the molecule is Cc1ccc(C(=O)c2cc(F)ccc2C(F)(F)F)c(C)c1. The minimum atomic E-state index is -4.71. The molecular weight excluding hydrogens is 284 g/mol. The van der Waals surface area contributed by atoms with Gasteiger partial charge in [0.1, 0.15) is 5.82 Å². The Morgan fingerprint density at radius 1 is 0.952 bits per heavy atom. The summed E-state index contributed by atoms with van der Waals surface area (Å²) in [6, 6.07) is 6.70. The molecule has 0 spiro atoms. The fourth-order valence-electron chi connectivity index (χ4n) is 2.16. The Labute approximate surface area is 119 Å². The Morgan fingerprint density at radius 2 is 1.62 bits per heavy atom. The molecule has 0 aliphatic rings.